The molecule has 5 nitrogen and oxygen atoms in total. The number of aryl methyl sites for hydroxylation is 1. The zero-order chi connectivity index (χ0) is 19.9. The van der Waals surface area contributed by atoms with Crippen molar-refractivity contribution in [1.29, 1.82) is 0 Å². The lowest BCUT2D eigenvalue weighted by Gasteiger charge is -2.21. The monoisotopic (exact) mass is 395 g/mol. The van der Waals surface area contributed by atoms with Crippen LogP contribution in [0.15, 0.2) is 54.6 Å². The molecule has 1 aromatic heterocycles. The molecule has 0 aliphatic rings. The molecule has 0 unspecified atom stereocenters. The number of nitrogens with one attached hydrogen (secondary N) is 2. The molecule has 0 saturated heterocycles. The maximum atomic E-state index is 5.93. The molecule has 2 aromatic carbocycles. The molecular weight excluding hydrogens is 370 g/mol. The second-order valence-corrected chi connectivity index (χ2v) is 6.98. The molecule has 0 atom stereocenters. The van der Waals surface area contributed by atoms with Crippen LogP contribution in [-0.4, -0.2) is 23.1 Å². The molecule has 0 aliphatic heterocycles. The van der Waals surface area contributed by atoms with E-state index in [0.29, 0.717) is 12.5 Å². The zero-order valence-electron chi connectivity index (χ0n) is 16.5. The summed E-state index contributed by atoms with van der Waals surface area (Å²) in [6.07, 6.45) is 0. The third-order valence-electron chi connectivity index (χ3n) is 4.49. The summed E-state index contributed by atoms with van der Waals surface area (Å²) >= 11 is 5.93. The first kappa shape index (κ1) is 20.0. The van der Waals surface area contributed by atoms with Crippen LogP contribution in [0, 0.1) is 6.92 Å². The molecule has 3 rings (SSSR count). The van der Waals surface area contributed by atoms with Crippen LogP contribution < -0.4 is 15.5 Å². The van der Waals surface area contributed by atoms with E-state index < -0.39 is 0 Å². The highest BCUT2D eigenvalue weighted by atomic mass is 35.5. The molecular formula is C22H26ClN5. The molecule has 0 spiro atoms. The van der Waals surface area contributed by atoms with Crippen LogP contribution in [0.25, 0.3) is 0 Å². The fourth-order valence-corrected chi connectivity index (χ4v) is 3.11. The molecule has 2 N–H and O–H groups in total. The summed E-state index contributed by atoms with van der Waals surface area (Å²) < 4.78 is 0. The minimum atomic E-state index is 0.595. The van der Waals surface area contributed by atoms with Gasteiger partial charge in [-0.1, -0.05) is 23.7 Å². The Bertz CT molecular complexity index is 890. The Morgan fingerprint density at radius 3 is 2.25 bits per heavy atom. The van der Waals surface area contributed by atoms with Gasteiger partial charge in [0.05, 0.1) is 0 Å². The summed E-state index contributed by atoms with van der Waals surface area (Å²) in [6, 6.07) is 18.1. The van der Waals surface area contributed by atoms with Gasteiger partial charge in [-0.25, -0.2) is 4.98 Å². The minimum Gasteiger partial charge on any atom is -0.372 e. The van der Waals surface area contributed by atoms with E-state index in [1.54, 1.807) is 0 Å². The van der Waals surface area contributed by atoms with Gasteiger partial charge in [0.1, 0.15) is 5.82 Å². The predicted molar refractivity (Wildman–Crippen MR) is 119 cm³/mol. The molecule has 0 fully saturated rings. The normalized spacial score (nSPS) is 10.6. The number of benzene rings is 2. The average Bonchev–Trinajstić information content (AvgIpc) is 2.69. The van der Waals surface area contributed by atoms with E-state index in [9.17, 15) is 0 Å². The summed E-state index contributed by atoms with van der Waals surface area (Å²) in [7, 11) is 0. The summed E-state index contributed by atoms with van der Waals surface area (Å²) in [6.45, 7) is 8.92. The highest BCUT2D eigenvalue weighted by molar-refractivity contribution is 6.30. The number of nitrogens with zero attached hydrogens (tertiary/aromatic N) is 3. The maximum Gasteiger partial charge on any atom is 0.225 e. The third kappa shape index (κ3) is 5.36. The standard InChI is InChI=1S/C22H26ClN5/c1-4-28(5-2)20-12-10-19(11-13-20)26-21-14-16(3)25-22(27-21)24-15-17-6-8-18(23)9-7-17/h6-14H,4-5,15H2,1-3H3,(H2,24,25,26,27). The highest BCUT2D eigenvalue weighted by Gasteiger charge is 2.05. The van der Waals surface area contributed by atoms with Gasteiger partial charge in [-0.2, -0.15) is 4.98 Å². The Balaban J connectivity index is 1.68. The molecule has 146 valence electrons. The van der Waals surface area contributed by atoms with E-state index >= 15 is 0 Å². The Labute approximate surface area is 171 Å². The van der Waals surface area contributed by atoms with Gasteiger partial charge in [0.25, 0.3) is 0 Å². The lowest BCUT2D eigenvalue weighted by Crippen LogP contribution is -2.21. The van der Waals surface area contributed by atoms with Gasteiger partial charge in [0.15, 0.2) is 0 Å². The first-order valence-corrected chi connectivity index (χ1v) is 9.91. The first-order chi connectivity index (χ1) is 13.6. The smallest absolute Gasteiger partial charge is 0.225 e. The Hall–Kier alpha value is -2.79. The van der Waals surface area contributed by atoms with E-state index in [-0.39, 0.29) is 0 Å². The molecule has 6 heteroatoms. The van der Waals surface area contributed by atoms with Crippen LogP contribution in [-0.2, 0) is 6.54 Å². The van der Waals surface area contributed by atoms with Crippen molar-refractivity contribution >= 4 is 34.7 Å². The summed E-state index contributed by atoms with van der Waals surface area (Å²) in [5.41, 5.74) is 4.24. The molecule has 1 heterocycles. The highest BCUT2D eigenvalue weighted by Crippen LogP contribution is 2.21. The minimum absolute atomic E-state index is 0.595. The fraction of sp³-hybridized carbons (Fsp3) is 0.273. The van der Waals surface area contributed by atoms with Crippen LogP contribution >= 0.6 is 11.6 Å². The van der Waals surface area contributed by atoms with Crippen LogP contribution in [0.4, 0.5) is 23.1 Å². The first-order valence-electron chi connectivity index (χ1n) is 9.53. The van der Waals surface area contributed by atoms with Crippen LogP contribution in [0.3, 0.4) is 0 Å². The van der Waals surface area contributed by atoms with E-state index in [4.69, 9.17) is 11.6 Å². The van der Waals surface area contributed by atoms with Gasteiger partial charge < -0.3 is 15.5 Å². The van der Waals surface area contributed by atoms with Crippen molar-refractivity contribution < 1.29 is 0 Å². The van der Waals surface area contributed by atoms with Gasteiger partial charge in [-0.15, -0.1) is 0 Å². The number of hydrogen-bond donors (Lipinski definition) is 2. The van der Waals surface area contributed by atoms with Crippen molar-refractivity contribution in [2.24, 2.45) is 0 Å². The van der Waals surface area contributed by atoms with Crippen molar-refractivity contribution in [1.82, 2.24) is 9.97 Å². The molecule has 0 aliphatic carbocycles. The third-order valence-corrected chi connectivity index (χ3v) is 4.74. The topological polar surface area (TPSA) is 53.1 Å². The van der Waals surface area contributed by atoms with Gasteiger partial charge in [0, 0.05) is 47.8 Å². The molecule has 0 radical (unpaired) electrons. The maximum absolute atomic E-state index is 5.93. The molecule has 0 saturated carbocycles. The van der Waals surface area contributed by atoms with Crippen molar-refractivity contribution in [3.05, 3.63) is 70.9 Å². The number of anilines is 4. The molecule has 0 bridgehead atoms. The lowest BCUT2D eigenvalue weighted by atomic mass is 10.2. The number of aromatic nitrogens is 2. The lowest BCUT2D eigenvalue weighted by molar-refractivity contribution is 0.866. The second kappa shape index (κ2) is 9.42. The molecule has 28 heavy (non-hydrogen) atoms. The van der Waals surface area contributed by atoms with Crippen molar-refractivity contribution in [3.8, 4) is 0 Å². The molecule has 3 aromatic rings. The van der Waals surface area contributed by atoms with E-state index in [1.807, 2.05) is 37.3 Å². The van der Waals surface area contributed by atoms with Crippen LogP contribution in [0.1, 0.15) is 25.1 Å². The zero-order valence-corrected chi connectivity index (χ0v) is 17.3. The summed E-state index contributed by atoms with van der Waals surface area (Å²) in [4.78, 5) is 11.4. The van der Waals surface area contributed by atoms with Gasteiger partial charge in [-0.3, -0.25) is 0 Å². The second-order valence-electron chi connectivity index (χ2n) is 6.54. The Kier molecular flexibility index (Phi) is 6.71. The quantitative estimate of drug-likeness (QED) is 0.516. The van der Waals surface area contributed by atoms with Gasteiger partial charge in [-0.05, 0) is 62.7 Å². The fourth-order valence-electron chi connectivity index (χ4n) is 2.99. The predicted octanol–water partition coefficient (Wildman–Crippen LogP) is 5.64. The van der Waals surface area contributed by atoms with Gasteiger partial charge in [0.2, 0.25) is 5.95 Å². The SMILES string of the molecule is CCN(CC)c1ccc(Nc2cc(C)nc(NCc3ccc(Cl)cc3)n2)cc1. The van der Waals surface area contributed by atoms with Crippen molar-refractivity contribution in [2.45, 2.75) is 27.3 Å². The largest absolute Gasteiger partial charge is 0.372 e. The number of halogens is 1. The summed E-state index contributed by atoms with van der Waals surface area (Å²) in [5.74, 6) is 1.36. The van der Waals surface area contributed by atoms with Crippen LogP contribution in [0.5, 0.6) is 0 Å². The van der Waals surface area contributed by atoms with Gasteiger partial charge >= 0.3 is 0 Å². The van der Waals surface area contributed by atoms with E-state index in [1.165, 1.54) is 5.69 Å². The van der Waals surface area contributed by atoms with E-state index in [2.05, 4.69) is 63.6 Å². The average molecular weight is 396 g/mol. The molecule has 0 amide bonds. The van der Waals surface area contributed by atoms with Crippen molar-refractivity contribution in [2.75, 3.05) is 28.6 Å². The number of hydrogen-bond acceptors (Lipinski definition) is 5. The Morgan fingerprint density at radius 2 is 1.61 bits per heavy atom. The number of rotatable bonds is 8. The summed E-state index contributed by atoms with van der Waals surface area (Å²) in [5, 5.41) is 7.37. The Morgan fingerprint density at radius 1 is 0.929 bits per heavy atom. The van der Waals surface area contributed by atoms with Crippen molar-refractivity contribution in [3.63, 3.8) is 0 Å². The van der Waals surface area contributed by atoms with Crippen LogP contribution in [0.2, 0.25) is 5.02 Å². The van der Waals surface area contributed by atoms with E-state index in [0.717, 1.165) is 40.9 Å².